The number of halogens is 4. The van der Waals surface area contributed by atoms with Gasteiger partial charge in [-0.05, 0) is 54.1 Å². The van der Waals surface area contributed by atoms with Crippen LogP contribution in [0.4, 0.5) is 23.2 Å². The number of aromatic nitrogens is 2. The lowest BCUT2D eigenvalue weighted by molar-refractivity contribution is -0.260. The molecule has 0 saturated carbocycles. The van der Waals surface area contributed by atoms with Gasteiger partial charge in [0, 0.05) is 11.1 Å². The fourth-order valence-corrected chi connectivity index (χ4v) is 3.23. The van der Waals surface area contributed by atoms with Gasteiger partial charge >= 0.3 is 6.18 Å². The maximum Gasteiger partial charge on any atom is 0.423 e. The van der Waals surface area contributed by atoms with Crippen LogP contribution in [0.2, 0.25) is 0 Å². The molecule has 0 fully saturated rings. The number of hydrogen-bond donors (Lipinski definition) is 2. The fourth-order valence-electron chi connectivity index (χ4n) is 3.23. The van der Waals surface area contributed by atoms with Crippen LogP contribution in [-0.4, -0.2) is 27.6 Å². The Kier molecular flexibility index (Phi) is 4.95. The molecule has 3 aromatic carbocycles. The molecule has 0 amide bonds. The first-order chi connectivity index (χ1) is 14.3. The first kappa shape index (κ1) is 19.9. The largest absolute Gasteiger partial charge is 0.423 e. The van der Waals surface area contributed by atoms with E-state index in [2.05, 4.69) is 10.4 Å². The van der Waals surface area contributed by atoms with Crippen molar-refractivity contribution in [2.24, 2.45) is 0 Å². The van der Waals surface area contributed by atoms with Crippen molar-refractivity contribution < 1.29 is 22.7 Å². The van der Waals surface area contributed by atoms with Crippen LogP contribution in [0.25, 0.3) is 16.6 Å². The van der Waals surface area contributed by atoms with Crippen LogP contribution in [0.1, 0.15) is 5.56 Å². The van der Waals surface area contributed by atoms with E-state index in [0.29, 0.717) is 22.3 Å². The monoisotopic (exact) mass is 415 g/mol. The number of anilines is 1. The molecule has 1 aromatic heterocycles. The summed E-state index contributed by atoms with van der Waals surface area (Å²) < 4.78 is 56.2. The van der Waals surface area contributed by atoms with E-state index in [1.54, 1.807) is 30.3 Å². The predicted octanol–water partition coefficient (Wildman–Crippen LogP) is 5.03. The highest BCUT2D eigenvalue weighted by Gasteiger charge is 2.55. The van der Waals surface area contributed by atoms with Crippen LogP contribution in [0.3, 0.4) is 0 Å². The van der Waals surface area contributed by atoms with E-state index < -0.39 is 24.1 Å². The van der Waals surface area contributed by atoms with E-state index >= 15 is 0 Å². The second-order valence-electron chi connectivity index (χ2n) is 6.88. The summed E-state index contributed by atoms with van der Waals surface area (Å²) in [6, 6.07) is 17.9. The van der Waals surface area contributed by atoms with Crippen molar-refractivity contribution in [3.05, 3.63) is 90.4 Å². The van der Waals surface area contributed by atoms with Gasteiger partial charge in [0.25, 0.3) is 0 Å². The molecule has 4 rings (SSSR count). The molecule has 0 bridgehead atoms. The van der Waals surface area contributed by atoms with Crippen molar-refractivity contribution >= 4 is 16.6 Å². The summed E-state index contributed by atoms with van der Waals surface area (Å²) >= 11 is 0. The third kappa shape index (κ3) is 3.61. The van der Waals surface area contributed by atoms with Gasteiger partial charge < -0.3 is 10.4 Å². The molecule has 0 aliphatic heterocycles. The summed E-state index contributed by atoms with van der Waals surface area (Å²) in [5.41, 5.74) is -1.84. The van der Waals surface area contributed by atoms with E-state index in [1.807, 2.05) is 0 Å². The highest BCUT2D eigenvalue weighted by Crippen LogP contribution is 2.40. The molecule has 30 heavy (non-hydrogen) atoms. The number of rotatable bonds is 5. The summed E-state index contributed by atoms with van der Waals surface area (Å²) in [6.07, 6.45) is -3.50. The Balaban J connectivity index is 1.71. The number of benzene rings is 3. The Hall–Kier alpha value is -3.39. The maximum absolute atomic E-state index is 13.9. The second-order valence-corrected chi connectivity index (χ2v) is 6.88. The zero-order chi connectivity index (χ0) is 21.4. The highest BCUT2D eigenvalue weighted by atomic mass is 19.4. The lowest BCUT2D eigenvalue weighted by Gasteiger charge is -2.31. The number of nitrogens with one attached hydrogen (secondary N) is 1. The smallest absolute Gasteiger partial charge is 0.381 e. The Morgan fingerprint density at radius 3 is 2.30 bits per heavy atom. The van der Waals surface area contributed by atoms with Crippen molar-refractivity contribution in [1.29, 1.82) is 0 Å². The quantitative estimate of drug-likeness (QED) is 0.450. The summed E-state index contributed by atoms with van der Waals surface area (Å²) in [6.45, 7) is -0.752. The zero-order valence-electron chi connectivity index (χ0n) is 15.6. The van der Waals surface area contributed by atoms with Crippen LogP contribution in [0.15, 0.2) is 79.0 Å². The molecule has 0 spiro atoms. The molecule has 1 unspecified atom stereocenters. The van der Waals surface area contributed by atoms with Gasteiger partial charge in [0.15, 0.2) is 0 Å². The molecule has 4 aromatic rings. The van der Waals surface area contributed by atoms with Crippen LogP contribution in [-0.2, 0) is 5.60 Å². The number of para-hydroxylation sites is 1. The molecular formula is C22H17F4N3O. The number of fused-ring (bicyclic) bond motifs is 1. The van der Waals surface area contributed by atoms with Gasteiger partial charge in [-0.25, -0.2) is 9.07 Å². The predicted molar refractivity (Wildman–Crippen MR) is 106 cm³/mol. The van der Waals surface area contributed by atoms with E-state index in [4.69, 9.17) is 0 Å². The van der Waals surface area contributed by atoms with Crippen LogP contribution in [0.5, 0.6) is 0 Å². The van der Waals surface area contributed by atoms with E-state index in [0.717, 1.165) is 0 Å². The molecular weight excluding hydrogens is 398 g/mol. The minimum Gasteiger partial charge on any atom is -0.381 e. The number of alkyl halides is 3. The van der Waals surface area contributed by atoms with E-state index in [9.17, 15) is 22.7 Å². The van der Waals surface area contributed by atoms with Gasteiger partial charge in [0.2, 0.25) is 5.60 Å². The highest BCUT2D eigenvalue weighted by molar-refractivity contribution is 5.81. The summed E-state index contributed by atoms with van der Waals surface area (Å²) in [4.78, 5) is 0. The molecule has 0 aliphatic rings. The first-order valence-corrected chi connectivity index (χ1v) is 9.10. The normalized spacial score (nSPS) is 13.9. The van der Waals surface area contributed by atoms with Gasteiger partial charge in [-0.2, -0.15) is 18.3 Å². The molecule has 8 heteroatoms. The molecule has 2 N–H and O–H groups in total. The fraction of sp³-hybridized carbons (Fsp3) is 0.136. The summed E-state index contributed by atoms with van der Waals surface area (Å²) in [5, 5.41) is 17.9. The van der Waals surface area contributed by atoms with Crippen molar-refractivity contribution in [2.75, 3.05) is 11.9 Å². The number of nitrogens with zero attached hydrogens (tertiary/aromatic N) is 2. The average Bonchev–Trinajstić information content (AvgIpc) is 3.16. The third-order valence-electron chi connectivity index (χ3n) is 4.91. The second kappa shape index (κ2) is 7.46. The van der Waals surface area contributed by atoms with E-state index in [-0.39, 0.29) is 5.56 Å². The Morgan fingerprint density at radius 2 is 1.63 bits per heavy atom. The molecule has 0 radical (unpaired) electrons. The molecule has 154 valence electrons. The lowest BCUT2D eigenvalue weighted by Crippen LogP contribution is -2.47. The zero-order valence-corrected chi connectivity index (χ0v) is 15.6. The van der Waals surface area contributed by atoms with Crippen molar-refractivity contribution in [1.82, 2.24) is 9.78 Å². The number of hydrogen-bond acceptors (Lipinski definition) is 3. The molecule has 0 aliphatic carbocycles. The van der Waals surface area contributed by atoms with E-state index in [1.165, 1.54) is 53.3 Å². The Bertz CT molecular complexity index is 1160. The van der Waals surface area contributed by atoms with Crippen molar-refractivity contribution in [3.63, 3.8) is 0 Å². The first-order valence-electron chi connectivity index (χ1n) is 9.10. The SMILES string of the molecule is OC(CNc1ccccc1)(c1ccc2c(cnn2-c2ccc(F)cc2)c1)C(F)(F)F. The Labute approximate surface area is 169 Å². The average molecular weight is 415 g/mol. The molecule has 4 nitrogen and oxygen atoms in total. The van der Waals surface area contributed by atoms with Gasteiger partial charge in [-0.1, -0.05) is 24.3 Å². The minimum atomic E-state index is -4.91. The van der Waals surface area contributed by atoms with Crippen molar-refractivity contribution in [2.45, 2.75) is 11.8 Å². The summed E-state index contributed by atoms with van der Waals surface area (Å²) in [7, 11) is 0. The van der Waals surface area contributed by atoms with Crippen molar-refractivity contribution in [3.8, 4) is 5.69 Å². The van der Waals surface area contributed by atoms with Crippen LogP contribution < -0.4 is 5.32 Å². The maximum atomic E-state index is 13.9. The Morgan fingerprint density at radius 1 is 0.933 bits per heavy atom. The molecule has 1 atom stereocenters. The van der Waals surface area contributed by atoms with Gasteiger partial charge in [-0.15, -0.1) is 0 Å². The van der Waals surface area contributed by atoms with Gasteiger partial charge in [0.1, 0.15) is 5.82 Å². The molecule has 1 heterocycles. The topological polar surface area (TPSA) is 50.1 Å². The lowest BCUT2D eigenvalue weighted by atomic mass is 9.92. The standard InChI is InChI=1S/C22H17F4N3O/c23-17-7-9-19(10-8-17)29-20-11-6-16(12-15(20)13-28-29)21(30,22(24,25)26)14-27-18-4-2-1-3-5-18/h1-13,27,30H,14H2. The van der Waals surface area contributed by atoms with Crippen LogP contribution in [0, 0.1) is 5.82 Å². The van der Waals surface area contributed by atoms with Gasteiger partial charge in [-0.3, -0.25) is 0 Å². The number of aliphatic hydroxyl groups is 1. The van der Waals surface area contributed by atoms with Crippen LogP contribution >= 0.6 is 0 Å². The minimum absolute atomic E-state index is 0.301. The summed E-state index contributed by atoms with van der Waals surface area (Å²) in [5.74, 6) is -0.404. The van der Waals surface area contributed by atoms with Gasteiger partial charge in [0.05, 0.1) is 23.9 Å². The molecule has 0 saturated heterocycles. The third-order valence-corrected chi connectivity index (χ3v) is 4.91.